The summed E-state index contributed by atoms with van der Waals surface area (Å²) in [5, 5.41) is 2.86. The summed E-state index contributed by atoms with van der Waals surface area (Å²) in [6, 6.07) is 5.16. The molecule has 1 aromatic rings. The minimum absolute atomic E-state index is 0.147. The number of hydrogen-bond donors (Lipinski definition) is 1. The molecule has 142 valence electrons. The smallest absolute Gasteiger partial charge is 0.416 e. The molecule has 0 radical (unpaired) electrons. The maximum atomic E-state index is 12.8. The molecule has 1 aromatic carbocycles. The van der Waals surface area contributed by atoms with Gasteiger partial charge in [-0.15, -0.1) is 0 Å². The number of esters is 1. The SMILES string of the molecule is O=C(COC(=O)C1CC1c1cccc(C(F)(F)F)c1)NC1CCCCC1. The van der Waals surface area contributed by atoms with Crippen molar-refractivity contribution in [3.05, 3.63) is 35.4 Å². The predicted octanol–water partition coefficient (Wildman–Crippen LogP) is 3.80. The summed E-state index contributed by atoms with van der Waals surface area (Å²) in [6.45, 7) is -0.332. The Morgan fingerprint density at radius 3 is 2.58 bits per heavy atom. The van der Waals surface area contributed by atoms with Gasteiger partial charge in [-0.1, -0.05) is 37.5 Å². The molecule has 4 nitrogen and oxygen atoms in total. The van der Waals surface area contributed by atoms with E-state index in [1.165, 1.54) is 12.5 Å². The second-order valence-corrected chi connectivity index (χ2v) is 7.08. The van der Waals surface area contributed by atoms with Crippen LogP contribution in [0.4, 0.5) is 13.2 Å². The molecular weight excluding hydrogens is 347 g/mol. The summed E-state index contributed by atoms with van der Waals surface area (Å²) < 4.78 is 43.4. The van der Waals surface area contributed by atoms with Crippen LogP contribution >= 0.6 is 0 Å². The highest BCUT2D eigenvalue weighted by Crippen LogP contribution is 2.49. The fourth-order valence-corrected chi connectivity index (χ4v) is 3.53. The monoisotopic (exact) mass is 369 g/mol. The van der Waals surface area contributed by atoms with Gasteiger partial charge in [0.1, 0.15) is 0 Å². The molecule has 2 aliphatic rings. The van der Waals surface area contributed by atoms with E-state index in [0.717, 1.165) is 37.8 Å². The topological polar surface area (TPSA) is 55.4 Å². The molecule has 2 saturated carbocycles. The third-order valence-electron chi connectivity index (χ3n) is 5.05. The molecular formula is C19H22F3NO3. The van der Waals surface area contributed by atoms with Crippen LogP contribution in [-0.4, -0.2) is 24.5 Å². The molecule has 1 N–H and O–H groups in total. The van der Waals surface area contributed by atoms with Gasteiger partial charge in [-0.2, -0.15) is 13.2 Å². The van der Waals surface area contributed by atoms with E-state index in [9.17, 15) is 22.8 Å². The van der Waals surface area contributed by atoms with Gasteiger partial charge in [-0.05, 0) is 36.8 Å². The van der Waals surface area contributed by atoms with E-state index in [4.69, 9.17) is 4.74 Å². The van der Waals surface area contributed by atoms with Gasteiger partial charge < -0.3 is 10.1 Å². The Morgan fingerprint density at radius 1 is 1.15 bits per heavy atom. The van der Waals surface area contributed by atoms with Crippen molar-refractivity contribution in [1.29, 1.82) is 0 Å². The molecule has 0 aromatic heterocycles. The fraction of sp³-hybridized carbons (Fsp3) is 0.579. The van der Waals surface area contributed by atoms with Crippen molar-refractivity contribution in [2.75, 3.05) is 6.61 Å². The van der Waals surface area contributed by atoms with Gasteiger partial charge in [0, 0.05) is 6.04 Å². The summed E-state index contributed by atoms with van der Waals surface area (Å²) in [7, 11) is 0. The van der Waals surface area contributed by atoms with Gasteiger partial charge in [0.2, 0.25) is 0 Å². The summed E-state index contributed by atoms with van der Waals surface area (Å²) in [6.07, 6.45) is 1.29. The zero-order chi connectivity index (χ0) is 18.7. The van der Waals surface area contributed by atoms with E-state index in [1.54, 1.807) is 6.07 Å². The number of nitrogens with one attached hydrogen (secondary N) is 1. The molecule has 0 aliphatic heterocycles. The molecule has 7 heteroatoms. The Kier molecular flexibility index (Phi) is 5.53. The maximum Gasteiger partial charge on any atom is 0.416 e. The third-order valence-corrected chi connectivity index (χ3v) is 5.05. The lowest BCUT2D eigenvalue weighted by molar-refractivity contribution is -0.150. The van der Waals surface area contributed by atoms with E-state index >= 15 is 0 Å². The van der Waals surface area contributed by atoms with Gasteiger partial charge in [-0.3, -0.25) is 9.59 Å². The van der Waals surface area contributed by atoms with E-state index in [0.29, 0.717) is 12.0 Å². The van der Waals surface area contributed by atoms with Crippen LogP contribution in [0.3, 0.4) is 0 Å². The fourth-order valence-electron chi connectivity index (χ4n) is 3.53. The van der Waals surface area contributed by atoms with Crippen LogP contribution in [0.1, 0.15) is 55.6 Å². The van der Waals surface area contributed by atoms with Gasteiger partial charge >= 0.3 is 12.1 Å². The highest BCUT2D eigenvalue weighted by Gasteiger charge is 2.46. The highest BCUT2D eigenvalue weighted by atomic mass is 19.4. The first kappa shape index (κ1) is 18.7. The Balaban J connectivity index is 1.46. The van der Waals surface area contributed by atoms with Crippen LogP contribution in [0.15, 0.2) is 24.3 Å². The largest absolute Gasteiger partial charge is 0.455 e. The van der Waals surface area contributed by atoms with Gasteiger partial charge in [0.05, 0.1) is 11.5 Å². The Bertz CT molecular complexity index is 668. The standard InChI is InChI=1S/C19H22F3NO3/c20-19(21,22)13-6-4-5-12(9-13)15-10-16(15)18(25)26-11-17(24)23-14-7-2-1-3-8-14/h4-6,9,14-16H,1-3,7-8,10-11H2,(H,23,24). The van der Waals surface area contributed by atoms with Crippen LogP contribution < -0.4 is 5.32 Å². The van der Waals surface area contributed by atoms with Crippen LogP contribution in [0.25, 0.3) is 0 Å². The molecule has 2 unspecified atom stereocenters. The van der Waals surface area contributed by atoms with E-state index < -0.39 is 23.6 Å². The zero-order valence-electron chi connectivity index (χ0n) is 14.3. The van der Waals surface area contributed by atoms with Crippen molar-refractivity contribution in [1.82, 2.24) is 5.32 Å². The van der Waals surface area contributed by atoms with Crippen molar-refractivity contribution in [3.63, 3.8) is 0 Å². The summed E-state index contributed by atoms with van der Waals surface area (Å²) in [5.74, 6) is -1.58. The summed E-state index contributed by atoms with van der Waals surface area (Å²) >= 11 is 0. The van der Waals surface area contributed by atoms with Crippen molar-refractivity contribution in [2.45, 2.75) is 56.7 Å². The summed E-state index contributed by atoms with van der Waals surface area (Å²) in [5.41, 5.74) is -0.241. The average molecular weight is 369 g/mol. The van der Waals surface area contributed by atoms with Crippen molar-refractivity contribution in [3.8, 4) is 0 Å². The summed E-state index contributed by atoms with van der Waals surface area (Å²) in [4.78, 5) is 23.9. The van der Waals surface area contributed by atoms with Gasteiger partial charge in [0.15, 0.2) is 6.61 Å². The van der Waals surface area contributed by atoms with Crippen LogP contribution in [0, 0.1) is 5.92 Å². The second-order valence-electron chi connectivity index (χ2n) is 7.08. The Hall–Kier alpha value is -2.05. The average Bonchev–Trinajstić information content (AvgIpc) is 3.41. The lowest BCUT2D eigenvalue weighted by Crippen LogP contribution is -2.38. The number of benzene rings is 1. The molecule has 0 spiro atoms. The zero-order valence-corrected chi connectivity index (χ0v) is 14.3. The van der Waals surface area contributed by atoms with Crippen LogP contribution in [0.5, 0.6) is 0 Å². The quantitative estimate of drug-likeness (QED) is 0.804. The van der Waals surface area contributed by atoms with E-state index in [-0.39, 0.29) is 24.5 Å². The van der Waals surface area contributed by atoms with Crippen molar-refractivity contribution in [2.24, 2.45) is 5.92 Å². The number of alkyl halides is 3. The van der Waals surface area contributed by atoms with Crippen molar-refractivity contribution < 1.29 is 27.5 Å². The number of halogens is 3. The molecule has 3 rings (SSSR count). The number of carbonyl (C=O) groups is 2. The first-order chi connectivity index (χ1) is 12.3. The third kappa shape index (κ3) is 4.77. The number of carbonyl (C=O) groups excluding carboxylic acids is 2. The molecule has 0 saturated heterocycles. The highest BCUT2D eigenvalue weighted by molar-refractivity contribution is 5.83. The molecule has 2 aliphatic carbocycles. The van der Waals surface area contributed by atoms with E-state index in [2.05, 4.69) is 5.32 Å². The molecule has 0 bridgehead atoms. The molecule has 0 heterocycles. The van der Waals surface area contributed by atoms with Gasteiger partial charge in [-0.25, -0.2) is 0 Å². The number of rotatable bonds is 5. The molecule has 2 atom stereocenters. The number of amides is 1. The molecule has 26 heavy (non-hydrogen) atoms. The first-order valence-corrected chi connectivity index (χ1v) is 8.98. The maximum absolute atomic E-state index is 12.8. The normalized spacial score (nSPS) is 23.3. The Morgan fingerprint density at radius 2 is 1.88 bits per heavy atom. The molecule has 1 amide bonds. The van der Waals surface area contributed by atoms with E-state index in [1.807, 2.05) is 0 Å². The number of ether oxygens (including phenoxy) is 1. The minimum Gasteiger partial charge on any atom is -0.455 e. The minimum atomic E-state index is -4.40. The van der Waals surface area contributed by atoms with Gasteiger partial charge in [0.25, 0.3) is 5.91 Å². The van der Waals surface area contributed by atoms with Crippen molar-refractivity contribution >= 4 is 11.9 Å². The number of hydrogen-bond acceptors (Lipinski definition) is 3. The molecule has 2 fully saturated rings. The predicted molar refractivity (Wildman–Crippen MR) is 88.3 cm³/mol. The lowest BCUT2D eigenvalue weighted by atomic mass is 9.95. The Labute approximate surface area is 150 Å². The lowest BCUT2D eigenvalue weighted by Gasteiger charge is -2.22. The first-order valence-electron chi connectivity index (χ1n) is 8.98. The second kappa shape index (κ2) is 7.68. The van der Waals surface area contributed by atoms with Crippen LogP contribution in [0.2, 0.25) is 0 Å². The van der Waals surface area contributed by atoms with Crippen LogP contribution in [-0.2, 0) is 20.5 Å².